The van der Waals surface area contributed by atoms with Crippen LogP contribution in [0.5, 0.6) is 0 Å². The van der Waals surface area contributed by atoms with Gasteiger partial charge in [0.1, 0.15) is 0 Å². The molecule has 2 aromatic rings. The van der Waals surface area contributed by atoms with Gasteiger partial charge >= 0.3 is 0 Å². The Morgan fingerprint density at radius 1 is 0.882 bits per heavy atom. The topological polar surface area (TPSA) is 52.0 Å². The van der Waals surface area contributed by atoms with E-state index in [0.29, 0.717) is 0 Å². The molecule has 0 unspecified atom stereocenters. The van der Waals surface area contributed by atoms with Gasteiger partial charge in [0, 0.05) is 21.2 Å². The molecule has 17 heavy (non-hydrogen) atoms. The van der Waals surface area contributed by atoms with E-state index in [1.807, 2.05) is 30.3 Å². The van der Waals surface area contributed by atoms with Crippen LogP contribution in [-0.2, 0) is 0 Å². The van der Waals surface area contributed by atoms with Gasteiger partial charge in [0.05, 0.1) is 0 Å². The van der Waals surface area contributed by atoms with Crippen molar-refractivity contribution in [2.24, 2.45) is 0 Å². The lowest BCUT2D eigenvalue weighted by Crippen LogP contribution is -1.89. The maximum Gasteiger partial charge on any atom is 0.0328 e. The molecule has 0 radical (unpaired) electrons. The molecule has 88 valence electrons. The fraction of sp³-hybridized carbons (Fsp3) is 0.143. The van der Waals surface area contributed by atoms with Gasteiger partial charge in [-0.1, -0.05) is 11.8 Å². The maximum atomic E-state index is 5.84. The zero-order chi connectivity index (χ0) is 12.4. The highest BCUT2D eigenvalue weighted by molar-refractivity contribution is 7.99. The number of hydrogen-bond acceptors (Lipinski definition) is 3. The highest BCUT2D eigenvalue weighted by Gasteiger charge is 2.03. The minimum atomic E-state index is 0.801. The van der Waals surface area contributed by atoms with E-state index in [4.69, 9.17) is 11.5 Å². The van der Waals surface area contributed by atoms with Gasteiger partial charge in [-0.25, -0.2) is 0 Å². The molecule has 0 spiro atoms. The van der Waals surface area contributed by atoms with Gasteiger partial charge in [0.25, 0.3) is 0 Å². The lowest BCUT2D eigenvalue weighted by molar-refractivity contribution is 1.29. The Hall–Kier alpha value is -1.61. The van der Waals surface area contributed by atoms with Crippen LogP contribution in [-0.4, -0.2) is 0 Å². The zero-order valence-corrected chi connectivity index (χ0v) is 10.8. The molecule has 0 saturated heterocycles. The van der Waals surface area contributed by atoms with E-state index in [9.17, 15) is 0 Å². The number of hydrogen-bond donors (Lipinski definition) is 2. The smallest absolute Gasteiger partial charge is 0.0328 e. The summed E-state index contributed by atoms with van der Waals surface area (Å²) in [5.74, 6) is 0. The van der Waals surface area contributed by atoms with Crippen LogP contribution in [0.2, 0.25) is 0 Å². The second-order valence-corrected chi connectivity index (χ2v) is 5.32. The molecule has 2 aromatic carbocycles. The summed E-state index contributed by atoms with van der Waals surface area (Å²) in [6, 6.07) is 12.1. The van der Waals surface area contributed by atoms with Gasteiger partial charge in [0.2, 0.25) is 0 Å². The van der Waals surface area contributed by atoms with Crippen LogP contribution in [0.25, 0.3) is 0 Å². The lowest BCUT2D eigenvalue weighted by Gasteiger charge is -2.08. The number of nitrogen functional groups attached to an aromatic ring is 2. The Morgan fingerprint density at radius 3 is 2.29 bits per heavy atom. The van der Waals surface area contributed by atoms with Crippen LogP contribution in [0.3, 0.4) is 0 Å². The van der Waals surface area contributed by atoms with Crippen molar-refractivity contribution in [2.45, 2.75) is 23.6 Å². The van der Waals surface area contributed by atoms with Gasteiger partial charge in [-0.2, -0.15) is 0 Å². The maximum absolute atomic E-state index is 5.84. The Bertz CT molecular complexity index is 530. The number of aryl methyl sites for hydroxylation is 2. The van der Waals surface area contributed by atoms with Crippen LogP contribution >= 0.6 is 11.8 Å². The van der Waals surface area contributed by atoms with Crippen LogP contribution < -0.4 is 11.5 Å². The van der Waals surface area contributed by atoms with E-state index in [1.54, 1.807) is 11.8 Å². The van der Waals surface area contributed by atoms with E-state index in [0.717, 1.165) is 16.3 Å². The summed E-state index contributed by atoms with van der Waals surface area (Å²) in [5, 5.41) is 0. The summed E-state index contributed by atoms with van der Waals surface area (Å²) < 4.78 is 0. The molecule has 2 rings (SSSR count). The molecule has 0 heterocycles. The van der Waals surface area contributed by atoms with Crippen molar-refractivity contribution < 1.29 is 0 Å². The second-order valence-electron chi connectivity index (χ2n) is 4.21. The number of rotatable bonds is 2. The van der Waals surface area contributed by atoms with Gasteiger partial charge in [-0.3, -0.25) is 0 Å². The zero-order valence-electron chi connectivity index (χ0n) is 10.0. The summed E-state index contributed by atoms with van der Waals surface area (Å²) in [6.45, 7) is 4.12. The first-order valence-electron chi connectivity index (χ1n) is 5.46. The van der Waals surface area contributed by atoms with Gasteiger partial charge in [-0.15, -0.1) is 0 Å². The van der Waals surface area contributed by atoms with Crippen molar-refractivity contribution in [3.05, 3.63) is 47.5 Å². The molecule has 0 amide bonds. The molecule has 4 N–H and O–H groups in total. The number of benzene rings is 2. The first-order valence-corrected chi connectivity index (χ1v) is 6.27. The van der Waals surface area contributed by atoms with Crippen LogP contribution in [0.1, 0.15) is 11.1 Å². The van der Waals surface area contributed by atoms with Crippen molar-refractivity contribution in [1.82, 2.24) is 0 Å². The van der Waals surface area contributed by atoms with Crippen molar-refractivity contribution in [3.63, 3.8) is 0 Å². The Morgan fingerprint density at radius 2 is 1.65 bits per heavy atom. The lowest BCUT2D eigenvalue weighted by atomic mass is 10.2. The van der Waals surface area contributed by atoms with E-state index in [-0.39, 0.29) is 0 Å². The minimum absolute atomic E-state index is 0.801. The molecule has 0 atom stereocenters. The molecule has 0 aliphatic rings. The molecular formula is C14H16N2S. The Labute approximate surface area is 106 Å². The van der Waals surface area contributed by atoms with Gasteiger partial charge < -0.3 is 11.5 Å². The van der Waals surface area contributed by atoms with E-state index in [1.165, 1.54) is 16.0 Å². The molecule has 0 aliphatic heterocycles. The van der Waals surface area contributed by atoms with Crippen molar-refractivity contribution in [1.29, 1.82) is 0 Å². The highest BCUT2D eigenvalue weighted by atomic mass is 32.2. The Kier molecular flexibility index (Phi) is 3.29. The monoisotopic (exact) mass is 244 g/mol. The molecule has 2 nitrogen and oxygen atoms in total. The predicted molar refractivity (Wildman–Crippen MR) is 75.3 cm³/mol. The third kappa shape index (κ3) is 2.94. The standard InChI is InChI=1S/C14H16N2S/c1-9-5-12(16)8-13(6-9)17-14-4-3-11(15)7-10(14)2/h3-8H,15-16H2,1-2H3. The molecule has 3 heteroatoms. The first kappa shape index (κ1) is 11.9. The summed E-state index contributed by atoms with van der Waals surface area (Å²) >= 11 is 1.72. The van der Waals surface area contributed by atoms with Crippen molar-refractivity contribution in [2.75, 3.05) is 11.5 Å². The molecule has 0 aliphatic carbocycles. The molecular weight excluding hydrogens is 228 g/mol. The quantitative estimate of drug-likeness (QED) is 0.793. The van der Waals surface area contributed by atoms with E-state index >= 15 is 0 Å². The third-order valence-electron chi connectivity index (χ3n) is 2.50. The van der Waals surface area contributed by atoms with Gasteiger partial charge in [0.15, 0.2) is 0 Å². The largest absolute Gasteiger partial charge is 0.399 e. The van der Waals surface area contributed by atoms with Gasteiger partial charge in [-0.05, 0) is 61.4 Å². The van der Waals surface area contributed by atoms with Crippen molar-refractivity contribution in [3.8, 4) is 0 Å². The third-order valence-corrected chi connectivity index (χ3v) is 3.65. The highest BCUT2D eigenvalue weighted by Crippen LogP contribution is 2.32. The predicted octanol–water partition coefficient (Wildman–Crippen LogP) is 3.62. The minimum Gasteiger partial charge on any atom is -0.399 e. The van der Waals surface area contributed by atoms with E-state index < -0.39 is 0 Å². The number of nitrogens with two attached hydrogens (primary N) is 2. The summed E-state index contributed by atoms with van der Waals surface area (Å²) in [4.78, 5) is 2.37. The average molecular weight is 244 g/mol. The van der Waals surface area contributed by atoms with Crippen LogP contribution in [0.15, 0.2) is 46.2 Å². The first-order chi connectivity index (χ1) is 8.04. The fourth-order valence-electron chi connectivity index (χ4n) is 1.75. The summed E-state index contributed by atoms with van der Waals surface area (Å²) in [7, 11) is 0. The fourth-order valence-corrected chi connectivity index (χ4v) is 2.80. The second kappa shape index (κ2) is 4.72. The molecule has 0 bridgehead atoms. The Balaban J connectivity index is 2.31. The number of anilines is 2. The molecule has 0 aromatic heterocycles. The van der Waals surface area contributed by atoms with Crippen LogP contribution in [0.4, 0.5) is 11.4 Å². The molecule has 0 fully saturated rings. The summed E-state index contributed by atoms with van der Waals surface area (Å²) in [5.41, 5.74) is 15.6. The molecule has 0 saturated carbocycles. The average Bonchev–Trinajstić information content (AvgIpc) is 2.21. The van der Waals surface area contributed by atoms with E-state index in [2.05, 4.69) is 19.9 Å². The van der Waals surface area contributed by atoms with Crippen LogP contribution in [0, 0.1) is 13.8 Å². The summed E-state index contributed by atoms with van der Waals surface area (Å²) in [6.07, 6.45) is 0. The van der Waals surface area contributed by atoms with Crippen molar-refractivity contribution >= 4 is 23.1 Å². The SMILES string of the molecule is Cc1cc(N)cc(Sc2ccc(N)cc2C)c1. The normalized spacial score (nSPS) is 10.5.